The smallest absolute Gasteiger partial charge is 0.383 e. The van der Waals surface area contributed by atoms with Crippen LogP contribution in [0.1, 0.15) is 21.5 Å². The molecule has 1 amide bonds. The summed E-state index contributed by atoms with van der Waals surface area (Å²) < 4.78 is 38.5. The van der Waals surface area contributed by atoms with E-state index in [2.05, 4.69) is 9.98 Å². The van der Waals surface area contributed by atoms with E-state index in [1.54, 1.807) is 30.3 Å². The van der Waals surface area contributed by atoms with Crippen LogP contribution in [0.2, 0.25) is 0 Å². The predicted molar refractivity (Wildman–Crippen MR) is 69.5 cm³/mol. The number of carbonyl (C=O) groups excluding carboxylic acids is 1. The van der Waals surface area contributed by atoms with E-state index >= 15 is 0 Å². The van der Waals surface area contributed by atoms with Crippen LogP contribution in [0, 0.1) is 0 Å². The van der Waals surface area contributed by atoms with E-state index in [9.17, 15) is 18.0 Å². The molecule has 0 bridgehead atoms. The second kappa shape index (κ2) is 5.74. The molecule has 1 aromatic carbocycles. The van der Waals surface area contributed by atoms with Crippen LogP contribution >= 0.6 is 0 Å². The minimum atomic E-state index is -4.64. The fraction of sp³-hybridized carbons (Fsp3) is 0.0714. The van der Waals surface area contributed by atoms with E-state index in [-0.39, 0.29) is 5.84 Å². The lowest BCUT2D eigenvalue weighted by Crippen LogP contribution is -2.20. The summed E-state index contributed by atoms with van der Waals surface area (Å²) in [5, 5.41) is 0. The number of aromatic amines is 1. The molecule has 0 spiro atoms. The summed E-state index contributed by atoms with van der Waals surface area (Å²) in [7, 11) is 0. The van der Waals surface area contributed by atoms with Crippen molar-refractivity contribution in [3.63, 3.8) is 0 Å². The normalized spacial score (nSPS) is 12.2. The summed E-state index contributed by atoms with van der Waals surface area (Å²) in [6.45, 7) is 0. The Morgan fingerprint density at radius 3 is 2.43 bits per heavy atom. The van der Waals surface area contributed by atoms with Gasteiger partial charge in [-0.1, -0.05) is 30.3 Å². The lowest BCUT2D eigenvalue weighted by Gasteiger charge is -2.07. The number of hydrogen-bond acceptors (Lipinski definition) is 1. The Hall–Kier alpha value is -2.70. The molecule has 0 saturated carbocycles. The zero-order chi connectivity index (χ0) is 15.5. The number of rotatable bonds is 2. The van der Waals surface area contributed by atoms with Crippen molar-refractivity contribution in [3.05, 3.63) is 65.5 Å². The van der Waals surface area contributed by atoms with E-state index in [1.165, 1.54) is 0 Å². The number of nitrogens with one attached hydrogen (secondary N) is 1. The number of nitrogens with two attached hydrogens (primary N) is 1. The van der Waals surface area contributed by atoms with Crippen LogP contribution in [-0.4, -0.2) is 11.7 Å². The number of amides is 1. The van der Waals surface area contributed by atoms with Gasteiger partial charge in [0.05, 0.1) is 5.56 Å². The van der Waals surface area contributed by atoms with Crippen molar-refractivity contribution in [1.29, 1.82) is 0 Å². The van der Waals surface area contributed by atoms with Crippen molar-refractivity contribution in [3.8, 4) is 0 Å². The maximum absolute atomic E-state index is 12.8. The molecule has 3 N–H and O–H groups in total. The fourth-order valence-corrected chi connectivity index (χ4v) is 1.70. The molecule has 0 aliphatic heterocycles. The first kappa shape index (κ1) is 14.7. The second-order valence-electron chi connectivity index (χ2n) is 4.14. The Morgan fingerprint density at radius 1 is 1.14 bits per heavy atom. The predicted octanol–water partition coefficient (Wildman–Crippen LogP) is 2.07. The van der Waals surface area contributed by atoms with Gasteiger partial charge in [-0.2, -0.15) is 18.2 Å². The number of hydrogen-bond donors (Lipinski definition) is 1. The highest BCUT2D eigenvalue weighted by Gasteiger charge is 2.36. The molecule has 7 heteroatoms. The largest absolute Gasteiger partial charge is 0.417 e. The van der Waals surface area contributed by atoms with E-state index in [0.29, 0.717) is 5.56 Å². The van der Waals surface area contributed by atoms with Crippen LogP contribution in [-0.2, 0) is 6.18 Å². The lowest BCUT2D eigenvalue weighted by atomic mass is 10.1. The van der Waals surface area contributed by atoms with Crippen LogP contribution < -0.4 is 10.7 Å². The first-order valence-electron chi connectivity index (χ1n) is 5.91. The van der Waals surface area contributed by atoms with Crippen LogP contribution in [0.4, 0.5) is 13.2 Å². The van der Waals surface area contributed by atoms with Crippen molar-refractivity contribution in [2.45, 2.75) is 6.18 Å². The van der Waals surface area contributed by atoms with Gasteiger partial charge < -0.3 is 5.73 Å². The Kier molecular flexibility index (Phi) is 4.02. The standard InChI is InChI=1S/C14H10F3N3O/c15-14(16,17)11-6-7-19-8-10(11)13(21)20-12(18)9-4-2-1-3-5-9/h1-8H,(H2,18,20,21)/p+1. The molecule has 0 aliphatic carbocycles. The number of halogens is 3. The average molecular weight is 294 g/mol. The Labute approximate surface area is 118 Å². The lowest BCUT2D eigenvalue weighted by molar-refractivity contribution is -0.378. The molecule has 1 heterocycles. The zero-order valence-corrected chi connectivity index (χ0v) is 10.7. The van der Waals surface area contributed by atoms with Gasteiger partial charge in [0.25, 0.3) is 5.91 Å². The third-order valence-corrected chi connectivity index (χ3v) is 2.69. The van der Waals surface area contributed by atoms with Gasteiger partial charge in [-0.05, 0) is 0 Å². The first-order valence-corrected chi connectivity index (χ1v) is 5.91. The molecule has 0 aliphatic rings. The quantitative estimate of drug-likeness (QED) is 0.680. The van der Waals surface area contributed by atoms with E-state index in [1.807, 2.05) is 0 Å². The van der Waals surface area contributed by atoms with Gasteiger partial charge >= 0.3 is 6.18 Å². The summed E-state index contributed by atoms with van der Waals surface area (Å²) in [6, 6.07) is 9.09. The van der Waals surface area contributed by atoms with Crippen LogP contribution in [0.5, 0.6) is 0 Å². The number of benzene rings is 1. The topological polar surface area (TPSA) is 69.6 Å². The number of nitrogens with zero attached hydrogens (tertiary/aromatic N) is 1. The highest BCUT2D eigenvalue weighted by Crippen LogP contribution is 2.31. The second-order valence-corrected chi connectivity index (χ2v) is 4.14. The van der Waals surface area contributed by atoms with Gasteiger partial charge in [0.1, 0.15) is 11.4 Å². The highest BCUT2D eigenvalue weighted by atomic mass is 19.4. The summed E-state index contributed by atoms with van der Waals surface area (Å²) in [5.41, 5.74) is 4.45. The Morgan fingerprint density at radius 2 is 1.81 bits per heavy atom. The Balaban J connectivity index is 2.38. The van der Waals surface area contributed by atoms with Gasteiger partial charge in [-0.25, -0.2) is 4.98 Å². The summed E-state index contributed by atoms with van der Waals surface area (Å²) in [4.78, 5) is 17.9. The number of pyridine rings is 1. The number of amidine groups is 1. The molecule has 2 rings (SSSR count). The maximum atomic E-state index is 12.8. The van der Waals surface area contributed by atoms with Crippen molar-refractivity contribution < 1.29 is 22.9 Å². The van der Waals surface area contributed by atoms with Crippen molar-refractivity contribution >= 4 is 11.7 Å². The molecule has 2 aromatic rings. The van der Waals surface area contributed by atoms with Gasteiger partial charge in [0.15, 0.2) is 12.4 Å². The van der Waals surface area contributed by atoms with Crippen LogP contribution in [0.25, 0.3) is 0 Å². The molecule has 0 unspecified atom stereocenters. The molecule has 0 fully saturated rings. The minimum absolute atomic E-state index is 0.141. The van der Waals surface area contributed by atoms with Crippen LogP contribution in [0.3, 0.4) is 0 Å². The third-order valence-electron chi connectivity index (χ3n) is 2.69. The van der Waals surface area contributed by atoms with Crippen molar-refractivity contribution in [2.75, 3.05) is 0 Å². The fourth-order valence-electron chi connectivity index (χ4n) is 1.70. The molecule has 0 atom stereocenters. The minimum Gasteiger partial charge on any atom is -0.383 e. The molecule has 4 nitrogen and oxygen atoms in total. The van der Waals surface area contributed by atoms with Crippen molar-refractivity contribution in [1.82, 2.24) is 0 Å². The number of aromatic nitrogens is 1. The number of aliphatic imine (C=N–C) groups is 1. The van der Waals surface area contributed by atoms with Gasteiger partial charge in [-0.15, -0.1) is 0 Å². The zero-order valence-electron chi connectivity index (χ0n) is 10.7. The molecular weight excluding hydrogens is 283 g/mol. The summed E-state index contributed by atoms with van der Waals surface area (Å²) >= 11 is 0. The SMILES string of the molecule is NC(=NC(=O)c1c[nH+]ccc1C(F)(F)F)c1ccccc1. The number of alkyl halides is 3. The van der Waals surface area contributed by atoms with E-state index < -0.39 is 23.2 Å². The molecule has 108 valence electrons. The molecule has 21 heavy (non-hydrogen) atoms. The van der Waals surface area contributed by atoms with Gasteiger partial charge in [0, 0.05) is 11.6 Å². The Bertz CT molecular complexity index is 681. The third kappa shape index (κ3) is 3.44. The number of H-pyrrole nitrogens is 1. The highest BCUT2D eigenvalue weighted by molar-refractivity contribution is 6.09. The monoisotopic (exact) mass is 294 g/mol. The maximum Gasteiger partial charge on any atom is 0.417 e. The summed E-state index contributed by atoms with van der Waals surface area (Å²) in [6.07, 6.45) is -2.60. The van der Waals surface area contributed by atoms with E-state index in [0.717, 1.165) is 18.5 Å². The molecule has 0 saturated heterocycles. The summed E-state index contributed by atoms with van der Waals surface area (Å²) in [5.74, 6) is -1.20. The van der Waals surface area contributed by atoms with Crippen LogP contribution in [0.15, 0.2) is 53.8 Å². The average Bonchev–Trinajstić information content (AvgIpc) is 2.47. The molecular formula is C14H11F3N3O+. The molecule has 1 aromatic heterocycles. The first-order chi connectivity index (χ1) is 9.89. The molecule has 0 radical (unpaired) electrons. The van der Waals surface area contributed by atoms with Gasteiger partial charge in [-0.3, -0.25) is 4.79 Å². The van der Waals surface area contributed by atoms with Gasteiger partial charge in [0.2, 0.25) is 0 Å². The van der Waals surface area contributed by atoms with Crippen molar-refractivity contribution in [2.24, 2.45) is 10.7 Å². The van der Waals surface area contributed by atoms with E-state index in [4.69, 9.17) is 5.73 Å². The number of carbonyl (C=O) groups is 1.